The molecule has 140 valence electrons. The average Bonchev–Trinajstić information content (AvgIpc) is 2.66. The molecule has 2 aromatic rings. The van der Waals surface area contributed by atoms with E-state index in [1.165, 1.54) is 11.1 Å². The molecule has 0 unspecified atom stereocenters. The van der Waals surface area contributed by atoms with Gasteiger partial charge in [0.25, 0.3) is 0 Å². The van der Waals surface area contributed by atoms with Crippen LogP contribution in [0.2, 0.25) is 0 Å². The zero-order valence-corrected chi connectivity index (χ0v) is 16.1. The van der Waals surface area contributed by atoms with Crippen molar-refractivity contribution in [1.82, 2.24) is 0 Å². The summed E-state index contributed by atoms with van der Waals surface area (Å²) in [7, 11) is 0. The van der Waals surface area contributed by atoms with Gasteiger partial charge >= 0.3 is 0 Å². The zero-order chi connectivity index (χ0) is 18.6. The third kappa shape index (κ3) is 7.99. The minimum Gasteiger partial charge on any atom is -0.374 e. The van der Waals surface area contributed by atoms with E-state index in [2.05, 4.69) is 69.0 Å². The molecule has 0 heterocycles. The van der Waals surface area contributed by atoms with E-state index in [1.807, 2.05) is 18.2 Å². The van der Waals surface area contributed by atoms with Gasteiger partial charge in [-0.15, -0.1) is 6.58 Å². The van der Waals surface area contributed by atoms with Crippen LogP contribution in [0.3, 0.4) is 0 Å². The molecular formula is C24H32O2. The number of hydrogen-bond donors (Lipinski definition) is 0. The van der Waals surface area contributed by atoms with E-state index in [0.29, 0.717) is 19.1 Å². The highest BCUT2D eigenvalue weighted by molar-refractivity contribution is 5.14. The van der Waals surface area contributed by atoms with Crippen LogP contribution in [0.5, 0.6) is 0 Å². The first-order valence-electron chi connectivity index (χ1n) is 9.59. The maximum Gasteiger partial charge on any atom is 0.0720 e. The van der Waals surface area contributed by atoms with Gasteiger partial charge in [-0.3, -0.25) is 0 Å². The Morgan fingerprint density at radius 2 is 1.35 bits per heavy atom. The van der Waals surface area contributed by atoms with Gasteiger partial charge in [0.05, 0.1) is 25.4 Å². The molecule has 0 bridgehead atoms. The lowest BCUT2D eigenvalue weighted by atomic mass is 9.96. The van der Waals surface area contributed by atoms with Crippen molar-refractivity contribution < 1.29 is 9.47 Å². The highest BCUT2D eigenvalue weighted by atomic mass is 16.5. The summed E-state index contributed by atoms with van der Waals surface area (Å²) in [5, 5.41) is 0. The molecule has 0 N–H and O–H groups in total. The molecule has 0 aliphatic heterocycles. The molecule has 0 saturated heterocycles. The number of hydrogen-bond acceptors (Lipinski definition) is 2. The van der Waals surface area contributed by atoms with E-state index < -0.39 is 0 Å². The van der Waals surface area contributed by atoms with Gasteiger partial charge in [0.1, 0.15) is 0 Å². The largest absolute Gasteiger partial charge is 0.374 e. The second kappa shape index (κ2) is 11.7. The van der Waals surface area contributed by atoms with Gasteiger partial charge in [-0.2, -0.15) is 0 Å². The summed E-state index contributed by atoms with van der Waals surface area (Å²) >= 11 is 0. The van der Waals surface area contributed by atoms with Crippen molar-refractivity contribution >= 4 is 0 Å². The molecule has 0 aliphatic carbocycles. The molecule has 0 aliphatic rings. The molecule has 0 fully saturated rings. The smallest absolute Gasteiger partial charge is 0.0720 e. The third-order valence-corrected chi connectivity index (χ3v) is 4.53. The fraction of sp³-hybridized carbons (Fsp3) is 0.417. The van der Waals surface area contributed by atoms with E-state index in [1.54, 1.807) is 0 Å². The number of ether oxygens (including phenoxy) is 2. The molecule has 0 aromatic heterocycles. The van der Waals surface area contributed by atoms with E-state index in [-0.39, 0.29) is 12.2 Å². The topological polar surface area (TPSA) is 18.5 Å². The second-order valence-corrected chi connectivity index (χ2v) is 7.13. The molecule has 0 spiro atoms. The first-order valence-corrected chi connectivity index (χ1v) is 9.59. The molecule has 0 amide bonds. The minimum absolute atomic E-state index is 0.212. The van der Waals surface area contributed by atoms with Crippen molar-refractivity contribution in [3.05, 3.63) is 84.4 Å². The SMILES string of the molecule is C=CC[C@@H](C[C@@H](C)C[C@@H](C)OCc1ccccc1)OCc1ccccc1. The van der Waals surface area contributed by atoms with Crippen LogP contribution in [0.1, 0.15) is 44.2 Å². The molecule has 0 saturated carbocycles. The van der Waals surface area contributed by atoms with Crippen LogP contribution >= 0.6 is 0 Å². The lowest BCUT2D eigenvalue weighted by Crippen LogP contribution is -2.19. The van der Waals surface area contributed by atoms with Crippen molar-refractivity contribution in [2.45, 2.75) is 58.5 Å². The summed E-state index contributed by atoms with van der Waals surface area (Å²) in [6, 6.07) is 20.7. The summed E-state index contributed by atoms with van der Waals surface area (Å²) in [5.41, 5.74) is 2.44. The van der Waals surface area contributed by atoms with E-state index in [0.717, 1.165) is 19.3 Å². The highest BCUT2D eigenvalue weighted by Gasteiger charge is 2.16. The number of rotatable bonds is 12. The zero-order valence-electron chi connectivity index (χ0n) is 16.1. The summed E-state index contributed by atoms with van der Waals surface area (Å²) in [5.74, 6) is 0.543. The molecular weight excluding hydrogens is 320 g/mol. The standard InChI is InChI=1S/C24H32O2/c1-4-11-24(26-19-23-14-9-6-10-15-23)17-20(2)16-21(3)25-18-22-12-7-5-8-13-22/h4-10,12-15,20-21,24H,1,11,16-19H2,2-3H3/t20-,21+,24-/m0/s1. The van der Waals surface area contributed by atoms with Gasteiger partial charge in [-0.05, 0) is 43.2 Å². The van der Waals surface area contributed by atoms with Gasteiger partial charge in [-0.25, -0.2) is 0 Å². The fourth-order valence-corrected chi connectivity index (χ4v) is 3.20. The van der Waals surface area contributed by atoms with Crippen LogP contribution in [0.15, 0.2) is 73.3 Å². The minimum atomic E-state index is 0.212. The first-order chi connectivity index (χ1) is 12.7. The summed E-state index contributed by atoms with van der Waals surface area (Å²) in [6.45, 7) is 9.66. The molecule has 2 heteroatoms. The predicted octanol–water partition coefficient (Wildman–Crippen LogP) is 6.17. The Hall–Kier alpha value is -1.90. The summed E-state index contributed by atoms with van der Waals surface area (Å²) < 4.78 is 12.1. The Labute approximate surface area is 158 Å². The van der Waals surface area contributed by atoms with Crippen LogP contribution in [-0.4, -0.2) is 12.2 Å². The Morgan fingerprint density at radius 1 is 0.808 bits per heavy atom. The Morgan fingerprint density at radius 3 is 1.88 bits per heavy atom. The molecule has 3 atom stereocenters. The maximum absolute atomic E-state index is 6.14. The monoisotopic (exact) mass is 352 g/mol. The van der Waals surface area contributed by atoms with E-state index in [9.17, 15) is 0 Å². The van der Waals surface area contributed by atoms with Crippen molar-refractivity contribution in [2.24, 2.45) is 5.92 Å². The highest BCUT2D eigenvalue weighted by Crippen LogP contribution is 2.20. The molecule has 2 aromatic carbocycles. The van der Waals surface area contributed by atoms with Crippen LogP contribution in [0, 0.1) is 5.92 Å². The Balaban J connectivity index is 1.73. The molecule has 0 radical (unpaired) electrons. The van der Waals surface area contributed by atoms with Crippen LogP contribution < -0.4 is 0 Å². The van der Waals surface area contributed by atoms with Gasteiger partial charge in [0, 0.05) is 0 Å². The third-order valence-electron chi connectivity index (χ3n) is 4.53. The molecule has 2 nitrogen and oxygen atoms in total. The first kappa shape index (κ1) is 20.4. The van der Waals surface area contributed by atoms with E-state index >= 15 is 0 Å². The van der Waals surface area contributed by atoms with Gasteiger partial charge < -0.3 is 9.47 Å². The van der Waals surface area contributed by atoms with Crippen molar-refractivity contribution in [2.75, 3.05) is 0 Å². The predicted molar refractivity (Wildman–Crippen MR) is 109 cm³/mol. The fourth-order valence-electron chi connectivity index (χ4n) is 3.20. The van der Waals surface area contributed by atoms with Gasteiger partial charge in [0.15, 0.2) is 0 Å². The van der Waals surface area contributed by atoms with Gasteiger partial charge in [-0.1, -0.05) is 73.7 Å². The second-order valence-electron chi connectivity index (χ2n) is 7.13. The Bertz CT molecular complexity index is 609. The quantitative estimate of drug-likeness (QED) is 0.425. The normalized spacial score (nSPS) is 14.5. The van der Waals surface area contributed by atoms with Crippen molar-refractivity contribution in [3.8, 4) is 0 Å². The van der Waals surface area contributed by atoms with Crippen molar-refractivity contribution in [1.29, 1.82) is 0 Å². The lowest BCUT2D eigenvalue weighted by molar-refractivity contribution is 0.00854. The van der Waals surface area contributed by atoms with E-state index in [4.69, 9.17) is 9.47 Å². The Kier molecular flexibility index (Phi) is 9.16. The van der Waals surface area contributed by atoms with Crippen molar-refractivity contribution in [3.63, 3.8) is 0 Å². The lowest BCUT2D eigenvalue weighted by Gasteiger charge is -2.23. The number of benzene rings is 2. The van der Waals surface area contributed by atoms with Crippen LogP contribution in [0.4, 0.5) is 0 Å². The average molecular weight is 353 g/mol. The molecule has 2 rings (SSSR count). The molecule has 26 heavy (non-hydrogen) atoms. The maximum atomic E-state index is 6.14. The van der Waals surface area contributed by atoms with Gasteiger partial charge in [0.2, 0.25) is 0 Å². The summed E-state index contributed by atoms with van der Waals surface area (Å²) in [4.78, 5) is 0. The van der Waals surface area contributed by atoms with Crippen LogP contribution in [-0.2, 0) is 22.7 Å². The summed E-state index contributed by atoms with van der Waals surface area (Å²) in [6.07, 6.45) is 5.36. The van der Waals surface area contributed by atoms with Crippen LogP contribution in [0.25, 0.3) is 0 Å².